The van der Waals surface area contributed by atoms with Gasteiger partial charge < -0.3 is 9.47 Å². The smallest absolute Gasteiger partial charge is 0.302 e. The summed E-state index contributed by atoms with van der Waals surface area (Å²) in [4.78, 5) is 9.82. The first-order valence-electron chi connectivity index (χ1n) is 3.31. The second-order valence-corrected chi connectivity index (χ2v) is 1.50. The van der Waals surface area contributed by atoms with Crippen LogP contribution in [0.3, 0.4) is 0 Å². The minimum atomic E-state index is -0.211. The molecule has 3 nitrogen and oxygen atoms in total. The summed E-state index contributed by atoms with van der Waals surface area (Å²) in [6.45, 7) is 6.43. The van der Waals surface area contributed by atoms with Crippen molar-refractivity contribution in [3.63, 3.8) is 0 Å². The van der Waals surface area contributed by atoms with Crippen LogP contribution in [-0.4, -0.2) is 26.3 Å². The van der Waals surface area contributed by atoms with Gasteiger partial charge in [0.05, 0.1) is 6.61 Å². The van der Waals surface area contributed by atoms with E-state index >= 15 is 0 Å². The van der Waals surface area contributed by atoms with Crippen LogP contribution in [0.4, 0.5) is 0 Å². The van der Waals surface area contributed by atoms with Crippen molar-refractivity contribution in [2.24, 2.45) is 0 Å². The van der Waals surface area contributed by atoms with Crippen LogP contribution in [0.25, 0.3) is 0 Å². The quantitative estimate of drug-likeness (QED) is 0.584. The standard InChI is InChI=1S/C4H8O2.C3H8O.CH4/c1-3-6-4(2)5;1-3-4-2;/h3H2,1-2H3;3H2,1-2H3;1H4. The Kier molecular flexibility index (Phi) is 24.8. The van der Waals surface area contributed by atoms with Crippen LogP contribution in [0.5, 0.6) is 0 Å². The maximum Gasteiger partial charge on any atom is 0.302 e. The lowest BCUT2D eigenvalue weighted by atomic mass is 10.8. The normalized spacial score (nSPS) is 6.91. The molecule has 3 heteroatoms. The fourth-order valence-electron chi connectivity index (χ4n) is 0.203. The van der Waals surface area contributed by atoms with Crippen LogP contribution in [0, 0.1) is 0 Å². The molecule has 0 aliphatic rings. The van der Waals surface area contributed by atoms with E-state index in [0.29, 0.717) is 6.61 Å². The molecule has 0 fully saturated rings. The van der Waals surface area contributed by atoms with Crippen LogP contribution < -0.4 is 0 Å². The molecule has 0 amide bonds. The molecule has 0 heterocycles. The van der Waals surface area contributed by atoms with E-state index in [1.807, 2.05) is 6.92 Å². The van der Waals surface area contributed by atoms with E-state index < -0.39 is 0 Å². The molecule has 0 saturated heterocycles. The number of rotatable bonds is 2. The van der Waals surface area contributed by atoms with Gasteiger partial charge in [0, 0.05) is 20.6 Å². The number of esters is 1. The van der Waals surface area contributed by atoms with Crippen LogP contribution in [0.2, 0.25) is 0 Å². The average Bonchev–Trinajstić information content (AvgIpc) is 1.89. The van der Waals surface area contributed by atoms with E-state index in [0.717, 1.165) is 6.61 Å². The molecule has 0 aliphatic carbocycles. The van der Waals surface area contributed by atoms with Gasteiger partial charge in [-0.25, -0.2) is 0 Å². The van der Waals surface area contributed by atoms with E-state index in [1.165, 1.54) is 6.92 Å². The Hall–Kier alpha value is -0.570. The largest absolute Gasteiger partial charge is 0.466 e. The van der Waals surface area contributed by atoms with Gasteiger partial charge in [0.15, 0.2) is 0 Å². The lowest BCUT2D eigenvalue weighted by Gasteiger charge is -1.89. The summed E-state index contributed by atoms with van der Waals surface area (Å²) >= 11 is 0. The predicted octanol–water partition coefficient (Wildman–Crippen LogP) is 1.86. The molecule has 0 aliphatic heterocycles. The van der Waals surface area contributed by atoms with Crippen LogP contribution in [0.15, 0.2) is 0 Å². The topological polar surface area (TPSA) is 35.5 Å². The second-order valence-electron chi connectivity index (χ2n) is 1.50. The summed E-state index contributed by atoms with van der Waals surface area (Å²) in [7, 11) is 1.68. The maximum atomic E-state index is 9.82. The average molecular weight is 164 g/mol. The highest BCUT2D eigenvalue weighted by molar-refractivity contribution is 5.65. The van der Waals surface area contributed by atoms with Gasteiger partial charge in [-0.15, -0.1) is 0 Å². The Morgan fingerprint density at radius 3 is 1.64 bits per heavy atom. The second kappa shape index (κ2) is 16.2. The van der Waals surface area contributed by atoms with Gasteiger partial charge in [0.25, 0.3) is 0 Å². The Morgan fingerprint density at radius 2 is 1.64 bits per heavy atom. The highest BCUT2D eigenvalue weighted by Gasteiger charge is 1.81. The number of methoxy groups -OCH3 is 1. The third kappa shape index (κ3) is 44.2. The Bertz CT molecular complexity index is 69.7. The zero-order valence-electron chi connectivity index (χ0n) is 7.14. The summed E-state index contributed by atoms with van der Waals surface area (Å²) in [5, 5.41) is 0. The van der Waals surface area contributed by atoms with Crippen molar-refractivity contribution in [3.8, 4) is 0 Å². The first-order chi connectivity index (χ1) is 4.68. The van der Waals surface area contributed by atoms with Crippen LogP contribution >= 0.6 is 0 Å². The third-order valence-electron chi connectivity index (χ3n) is 0.636. The number of ether oxygens (including phenoxy) is 2. The van der Waals surface area contributed by atoms with Gasteiger partial charge >= 0.3 is 5.97 Å². The number of hydrogen-bond donors (Lipinski definition) is 0. The SMILES string of the molecule is C.CCOC.CCOC(C)=O. The van der Waals surface area contributed by atoms with Crippen molar-refractivity contribution < 1.29 is 14.3 Å². The summed E-state index contributed by atoms with van der Waals surface area (Å²) in [6, 6.07) is 0. The Balaban J connectivity index is -0.000000114. The van der Waals surface area contributed by atoms with Crippen molar-refractivity contribution in [2.75, 3.05) is 20.3 Å². The number of carbonyl (C=O) groups is 1. The molecule has 0 radical (unpaired) electrons. The minimum Gasteiger partial charge on any atom is -0.466 e. The van der Waals surface area contributed by atoms with Gasteiger partial charge in [-0.2, -0.15) is 0 Å². The third-order valence-corrected chi connectivity index (χ3v) is 0.636. The summed E-state index contributed by atoms with van der Waals surface area (Å²) in [5.41, 5.74) is 0. The lowest BCUT2D eigenvalue weighted by Crippen LogP contribution is -1.95. The lowest BCUT2D eigenvalue weighted by molar-refractivity contribution is -0.140. The molecule has 0 bridgehead atoms. The van der Waals surface area contributed by atoms with Crippen molar-refractivity contribution in [1.82, 2.24) is 0 Å². The molecule has 0 saturated carbocycles. The van der Waals surface area contributed by atoms with E-state index in [9.17, 15) is 4.79 Å². The number of hydrogen-bond acceptors (Lipinski definition) is 3. The summed E-state index contributed by atoms with van der Waals surface area (Å²) in [6.07, 6.45) is 0. The molecule has 0 unspecified atom stereocenters. The van der Waals surface area contributed by atoms with Crippen molar-refractivity contribution in [2.45, 2.75) is 28.2 Å². The summed E-state index contributed by atoms with van der Waals surface area (Å²) in [5.74, 6) is -0.211. The molecule has 0 aromatic rings. The van der Waals surface area contributed by atoms with Gasteiger partial charge in [-0.05, 0) is 13.8 Å². The highest BCUT2D eigenvalue weighted by Crippen LogP contribution is 1.69. The molecule has 0 aromatic heterocycles. The van der Waals surface area contributed by atoms with Gasteiger partial charge in [0.1, 0.15) is 0 Å². The molecule has 11 heavy (non-hydrogen) atoms. The summed E-state index contributed by atoms with van der Waals surface area (Å²) < 4.78 is 8.94. The number of carbonyl (C=O) groups excluding carboxylic acids is 1. The first kappa shape index (κ1) is 16.8. The fourth-order valence-corrected chi connectivity index (χ4v) is 0.203. The molecule has 0 atom stereocenters. The molecule has 0 N–H and O–H groups in total. The van der Waals surface area contributed by atoms with Crippen molar-refractivity contribution >= 4 is 5.97 Å². The van der Waals surface area contributed by atoms with E-state index in [4.69, 9.17) is 0 Å². The maximum absolute atomic E-state index is 9.82. The molecule has 0 rings (SSSR count). The monoisotopic (exact) mass is 164 g/mol. The first-order valence-corrected chi connectivity index (χ1v) is 3.31. The fraction of sp³-hybridized carbons (Fsp3) is 0.875. The Labute approximate surface area is 69.7 Å². The minimum absolute atomic E-state index is 0. The molecular weight excluding hydrogens is 144 g/mol. The van der Waals surface area contributed by atoms with Crippen molar-refractivity contribution in [3.05, 3.63) is 0 Å². The zero-order chi connectivity index (χ0) is 8.41. The molecule has 0 spiro atoms. The van der Waals surface area contributed by atoms with Gasteiger partial charge in [-0.1, -0.05) is 7.43 Å². The zero-order valence-corrected chi connectivity index (χ0v) is 7.14. The highest BCUT2D eigenvalue weighted by atomic mass is 16.5. The van der Waals surface area contributed by atoms with Gasteiger partial charge in [-0.3, -0.25) is 4.79 Å². The van der Waals surface area contributed by atoms with Gasteiger partial charge in [0.2, 0.25) is 0 Å². The van der Waals surface area contributed by atoms with Crippen LogP contribution in [-0.2, 0) is 14.3 Å². The van der Waals surface area contributed by atoms with E-state index in [2.05, 4.69) is 9.47 Å². The van der Waals surface area contributed by atoms with Crippen LogP contribution in [0.1, 0.15) is 28.2 Å². The molecule has 0 aromatic carbocycles. The molecule has 70 valence electrons. The van der Waals surface area contributed by atoms with E-state index in [-0.39, 0.29) is 13.4 Å². The van der Waals surface area contributed by atoms with Crippen molar-refractivity contribution in [1.29, 1.82) is 0 Å². The molecular formula is C8H20O3. The predicted molar refractivity (Wildman–Crippen MR) is 46.6 cm³/mol. The van der Waals surface area contributed by atoms with E-state index in [1.54, 1.807) is 14.0 Å². The Morgan fingerprint density at radius 1 is 1.27 bits per heavy atom.